The van der Waals surface area contributed by atoms with E-state index < -0.39 is 23.8 Å². The van der Waals surface area contributed by atoms with Gasteiger partial charge in [-0.05, 0) is 62.4 Å². The molecule has 0 saturated heterocycles. The number of nitrogens with zero attached hydrogens (tertiary/aromatic N) is 4. The van der Waals surface area contributed by atoms with Crippen LogP contribution in [0.25, 0.3) is 44.8 Å². The lowest BCUT2D eigenvalue weighted by atomic mass is 10.0. The fourth-order valence-corrected chi connectivity index (χ4v) is 6.26. The predicted octanol–water partition coefficient (Wildman–Crippen LogP) is 4.65. The van der Waals surface area contributed by atoms with Crippen molar-refractivity contribution < 1.29 is 38.9 Å². The summed E-state index contributed by atoms with van der Waals surface area (Å²) in [5, 5.41) is 20.3. The number of amides is 2. The standard InChI is InChI=1S/C36H32N6O8/c1-17-5-7-19(35(45)46)23(15-17)33-39-27-25(11-9-21(31(37)43)29(27)49-3)41(33)13-14-42-26-12-10-22(32(38)44)30(50-4)28(26)40-34(42)24-16-18(2)6-8-20(24)36(47)48/h5-12,15-16H,13-14H2,1-4H3,(H2,37,43)(H2,38,44)(H,45,46)(H,47,48). The van der Waals surface area contributed by atoms with Gasteiger partial charge in [0.05, 0.1) is 47.5 Å². The minimum absolute atomic E-state index is 0.00426. The Kier molecular flexibility index (Phi) is 8.45. The minimum atomic E-state index is -1.16. The Bertz CT molecular complexity index is 2240. The fourth-order valence-electron chi connectivity index (χ4n) is 6.26. The van der Waals surface area contributed by atoms with Gasteiger partial charge in [0, 0.05) is 24.2 Å². The van der Waals surface area contributed by atoms with Crippen molar-refractivity contribution in [3.05, 3.63) is 94.0 Å². The van der Waals surface area contributed by atoms with Crippen LogP contribution in [-0.2, 0) is 13.1 Å². The van der Waals surface area contributed by atoms with E-state index in [1.54, 1.807) is 45.5 Å². The van der Waals surface area contributed by atoms with Crippen molar-refractivity contribution in [2.45, 2.75) is 26.9 Å². The molecule has 0 bridgehead atoms. The second-order valence-corrected chi connectivity index (χ2v) is 11.6. The summed E-state index contributed by atoms with van der Waals surface area (Å²) < 4.78 is 14.8. The number of rotatable bonds is 11. The number of carboxylic acids is 2. The summed E-state index contributed by atoms with van der Waals surface area (Å²) in [7, 11) is 2.77. The number of aromatic nitrogens is 4. The van der Waals surface area contributed by atoms with Crippen molar-refractivity contribution >= 4 is 45.8 Å². The number of imidazole rings is 2. The van der Waals surface area contributed by atoms with Gasteiger partial charge >= 0.3 is 11.9 Å². The van der Waals surface area contributed by atoms with Gasteiger partial charge in [-0.3, -0.25) is 9.59 Å². The number of hydrogen-bond donors (Lipinski definition) is 4. The molecule has 0 radical (unpaired) electrons. The summed E-state index contributed by atoms with van der Waals surface area (Å²) in [5.74, 6) is -2.97. The number of methoxy groups -OCH3 is 2. The molecule has 2 aromatic heterocycles. The molecule has 0 unspecified atom stereocenters. The lowest BCUT2D eigenvalue weighted by molar-refractivity contribution is 0.0686. The van der Waals surface area contributed by atoms with Gasteiger partial charge in [-0.25, -0.2) is 19.6 Å². The molecule has 14 nitrogen and oxygen atoms in total. The molecular formula is C36H32N6O8. The highest BCUT2D eigenvalue weighted by molar-refractivity contribution is 6.04. The van der Waals surface area contributed by atoms with Crippen molar-refractivity contribution in [3.8, 4) is 34.3 Å². The van der Waals surface area contributed by atoms with Crippen molar-refractivity contribution in [2.24, 2.45) is 11.5 Å². The number of benzene rings is 4. The third kappa shape index (κ3) is 5.51. The highest BCUT2D eigenvalue weighted by atomic mass is 16.5. The SMILES string of the molecule is COc1c(C(N)=O)ccc2c1nc(-c1cc(C)ccc1C(=O)O)n2CCn1c(-c2cc(C)ccc2C(=O)O)nc2c(OC)c(C(N)=O)ccc21. The first-order valence-electron chi connectivity index (χ1n) is 15.3. The van der Waals surface area contributed by atoms with E-state index in [1.165, 1.54) is 38.5 Å². The molecule has 50 heavy (non-hydrogen) atoms. The number of carbonyl (C=O) groups excluding carboxylic acids is 2. The first kappa shape index (κ1) is 33.2. The first-order chi connectivity index (χ1) is 23.9. The van der Waals surface area contributed by atoms with E-state index in [9.17, 15) is 29.4 Å². The molecule has 0 spiro atoms. The first-order valence-corrected chi connectivity index (χ1v) is 15.3. The predicted molar refractivity (Wildman–Crippen MR) is 184 cm³/mol. The number of carboxylic acid groups (broad SMARTS) is 2. The van der Waals surface area contributed by atoms with Crippen LogP contribution in [0.1, 0.15) is 52.6 Å². The summed E-state index contributed by atoms with van der Waals surface area (Å²) in [6, 6.07) is 16.1. The van der Waals surface area contributed by atoms with E-state index in [0.717, 1.165) is 11.1 Å². The second kappa shape index (κ2) is 12.7. The lowest BCUT2D eigenvalue weighted by Gasteiger charge is -2.16. The average molecular weight is 677 g/mol. The fraction of sp³-hybridized carbons (Fsp3) is 0.167. The Morgan fingerprint density at radius 2 is 0.980 bits per heavy atom. The number of fused-ring (bicyclic) bond motifs is 2. The molecule has 2 heterocycles. The van der Waals surface area contributed by atoms with Crippen molar-refractivity contribution in [1.29, 1.82) is 0 Å². The van der Waals surface area contributed by atoms with Crippen LogP contribution < -0.4 is 20.9 Å². The van der Waals surface area contributed by atoms with Crippen LogP contribution in [0.3, 0.4) is 0 Å². The molecule has 0 aliphatic rings. The number of aryl methyl sites for hydroxylation is 4. The Balaban J connectivity index is 1.64. The van der Waals surface area contributed by atoms with E-state index in [2.05, 4.69) is 0 Å². The largest absolute Gasteiger partial charge is 0.494 e. The molecule has 6 aromatic rings. The van der Waals surface area contributed by atoms with Crippen LogP contribution in [0.15, 0.2) is 60.7 Å². The minimum Gasteiger partial charge on any atom is -0.494 e. The molecule has 4 aromatic carbocycles. The maximum Gasteiger partial charge on any atom is 0.336 e. The van der Waals surface area contributed by atoms with Gasteiger partial charge in [-0.15, -0.1) is 0 Å². The van der Waals surface area contributed by atoms with E-state index in [1.807, 2.05) is 13.8 Å². The maximum absolute atomic E-state index is 12.4. The number of primary amides is 2. The summed E-state index contributed by atoms with van der Waals surface area (Å²) in [4.78, 5) is 59.1. The third-order valence-corrected chi connectivity index (χ3v) is 8.53. The number of nitrogens with two attached hydrogens (primary N) is 2. The zero-order chi connectivity index (χ0) is 36.0. The van der Waals surface area contributed by atoms with Gasteiger partial charge < -0.3 is 40.3 Å². The highest BCUT2D eigenvalue weighted by Crippen LogP contribution is 2.37. The molecule has 0 atom stereocenters. The third-order valence-electron chi connectivity index (χ3n) is 8.53. The molecule has 0 aliphatic carbocycles. The average Bonchev–Trinajstić information content (AvgIpc) is 3.64. The van der Waals surface area contributed by atoms with Gasteiger partial charge in [0.25, 0.3) is 11.8 Å². The van der Waals surface area contributed by atoms with Gasteiger partial charge in [-0.1, -0.05) is 23.3 Å². The van der Waals surface area contributed by atoms with E-state index in [-0.39, 0.29) is 69.5 Å². The van der Waals surface area contributed by atoms with Gasteiger partial charge in [0.1, 0.15) is 22.7 Å². The number of carbonyl (C=O) groups is 4. The Morgan fingerprint density at radius 3 is 1.30 bits per heavy atom. The quantitative estimate of drug-likeness (QED) is 0.149. The molecule has 6 N–H and O–H groups in total. The zero-order valence-corrected chi connectivity index (χ0v) is 27.5. The van der Waals surface area contributed by atoms with Crippen LogP contribution >= 0.6 is 0 Å². The molecule has 2 amide bonds. The Labute approximate surface area is 284 Å². The van der Waals surface area contributed by atoms with E-state index >= 15 is 0 Å². The van der Waals surface area contributed by atoms with Gasteiger partial charge in [0.15, 0.2) is 11.5 Å². The molecule has 0 fully saturated rings. The Morgan fingerprint density at radius 1 is 0.620 bits per heavy atom. The van der Waals surface area contributed by atoms with Crippen molar-refractivity contribution in [3.63, 3.8) is 0 Å². The highest BCUT2D eigenvalue weighted by Gasteiger charge is 2.26. The van der Waals surface area contributed by atoms with Crippen LogP contribution in [0.2, 0.25) is 0 Å². The van der Waals surface area contributed by atoms with E-state index in [0.29, 0.717) is 22.2 Å². The second-order valence-electron chi connectivity index (χ2n) is 11.6. The molecule has 6 rings (SSSR count). The zero-order valence-electron chi connectivity index (χ0n) is 27.5. The van der Waals surface area contributed by atoms with Crippen LogP contribution in [0.4, 0.5) is 0 Å². The van der Waals surface area contributed by atoms with E-state index in [4.69, 9.17) is 30.9 Å². The Hall–Kier alpha value is -6.70. The lowest BCUT2D eigenvalue weighted by Crippen LogP contribution is -2.14. The number of hydrogen-bond acceptors (Lipinski definition) is 8. The summed E-state index contributed by atoms with van der Waals surface area (Å²) >= 11 is 0. The van der Waals surface area contributed by atoms with Gasteiger partial charge in [-0.2, -0.15) is 0 Å². The summed E-state index contributed by atoms with van der Waals surface area (Å²) in [6.07, 6.45) is 0. The van der Waals surface area contributed by atoms with Crippen molar-refractivity contribution in [1.82, 2.24) is 19.1 Å². The summed E-state index contributed by atoms with van der Waals surface area (Å²) in [6.45, 7) is 3.94. The van der Waals surface area contributed by atoms with Crippen molar-refractivity contribution in [2.75, 3.05) is 14.2 Å². The van der Waals surface area contributed by atoms with Gasteiger partial charge in [0.2, 0.25) is 0 Å². The van der Waals surface area contributed by atoms with Crippen LogP contribution in [0.5, 0.6) is 11.5 Å². The van der Waals surface area contributed by atoms with Crippen LogP contribution in [0, 0.1) is 13.8 Å². The molecular weight excluding hydrogens is 644 g/mol. The monoisotopic (exact) mass is 676 g/mol. The van der Waals surface area contributed by atoms with Crippen LogP contribution in [-0.4, -0.2) is 67.3 Å². The molecule has 0 saturated carbocycles. The topological polar surface area (TPSA) is 215 Å². The maximum atomic E-state index is 12.4. The molecule has 0 aliphatic heterocycles. The normalized spacial score (nSPS) is 11.2. The number of aromatic carboxylic acids is 2. The molecule has 254 valence electrons. The molecule has 14 heteroatoms. The summed E-state index contributed by atoms with van der Waals surface area (Å²) in [5.41, 5.74) is 15.3. The number of ether oxygens (including phenoxy) is 2. The smallest absolute Gasteiger partial charge is 0.336 e.